The topological polar surface area (TPSA) is 32.3 Å². The molecule has 0 amide bonds. The Morgan fingerprint density at radius 3 is 2.70 bits per heavy atom. The summed E-state index contributed by atoms with van der Waals surface area (Å²) in [5.41, 5.74) is 0. The number of nitrogens with one attached hydrogen (secondary N) is 1. The van der Waals surface area contributed by atoms with Crippen LogP contribution in [-0.4, -0.2) is 36.3 Å². The Hall–Kier alpha value is 0.270. The van der Waals surface area contributed by atoms with Crippen LogP contribution in [0.1, 0.15) is 13.3 Å². The van der Waals surface area contributed by atoms with Gasteiger partial charge >= 0.3 is 0 Å². The van der Waals surface area contributed by atoms with Gasteiger partial charge in [0.15, 0.2) is 0 Å². The minimum atomic E-state index is 0.258. The second-order valence-corrected chi connectivity index (χ2v) is 3.20. The van der Waals surface area contributed by atoms with Gasteiger partial charge in [0.2, 0.25) is 0 Å². The summed E-state index contributed by atoms with van der Waals surface area (Å²) in [4.78, 5) is 0. The Morgan fingerprint density at radius 2 is 2.30 bits per heavy atom. The third-order valence-corrected chi connectivity index (χ3v) is 2.03. The highest BCUT2D eigenvalue weighted by Gasteiger charge is 2.02. The van der Waals surface area contributed by atoms with Crippen molar-refractivity contribution in [3.05, 3.63) is 0 Å². The number of aliphatic hydroxyl groups excluding tert-OH is 1. The maximum Gasteiger partial charge on any atom is 0.0584 e. The minimum absolute atomic E-state index is 0.258. The molecule has 0 radical (unpaired) electrons. The van der Waals surface area contributed by atoms with E-state index in [1.807, 2.05) is 11.8 Å². The van der Waals surface area contributed by atoms with Gasteiger partial charge in [0.25, 0.3) is 0 Å². The van der Waals surface area contributed by atoms with Gasteiger partial charge in [0.05, 0.1) is 6.61 Å². The first-order valence-corrected chi connectivity index (χ1v) is 5.07. The van der Waals surface area contributed by atoms with E-state index in [0.717, 1.165) is 18.7 Å². The molecule has 0 rings (SSSR count). The monoisotopic (exact) mass is 163 g/mol. The normalized spacial score (nSPS) is 13.5. The van der Waals surface area contributed by atoms with Gasteiger partial charge in [-0.3, -0.25) is 0 Å². The number of rotatable bonds is 6. The summed E-state index contributed by atoms with van der Waals surface area (Å²) < 4.78 is 0. The zero-order valence-electron chi connectivity index (χ0n) is 6.76. The van der Waals surface area contributed by atoms with Crippen LogP contribution in [0.25, 0.3) is 0 Å². The summed E-state index contributed by atoms with van der Waals surface area (Å²) in [6.45, 7) is 3.26. The number of likely N-dealkylation sites (N-methyl/N-ethyl adjacent to an activating group) is 1. The fourth-order valence-corrected chi connectivity index (χ4v) is 1.33. The summed E-state index contributed by atoms with van der Waals surface area (Å²) in [7, 11) is 0. The highest BCUT2D eigenvalue weighted by atomic mass is 32.2. The molecule has 0 fully saturated rings. The first-order valence-electron chi connectivity index (χ1n) is 3.68. The molecule has 0 heterocycles. The van der Waals surface area contributed by atoms with E-state index >= 15 is 0 Å². The van der Waals surface area contributed by atoms with Crippen LogP contribution >= 0.6 is 11.8 Å². The van der Waals surface area contributed by atoms with Crippen LogP contribution in [-0.2, 0) is 0 Å². The van der Waals surface area contributed by atoms with E-state index in [1.54, 1.807) is 0 Å². The Balaban J connectivity index is 3.21. The van der Waals surface area contributed by atoms with E-state index in [0.29, 0.717) is 6.04 Å². The Morgan fingerprint density at radius 1 is 1.60 bits per heavy atom. The molecule has 2 N–H and O–H groups in total. The average Bonchev–Trinajstić information content (AvgIpc) is 1.98. The van der Waals surface area contributed by atoms with Crippen LogP contribution in [0, 0.1) is 0 Å². The number of aliphatic hydroxyl groups is 1. The van der Waals surface area contributed by atoms with E-state index in [9.17, 15) is 0 Å². The van der Waals surface area contributed by atoms with Crippen LogP contribution in [0.15, 0.2) is 0 Å². The third kappa shape index (κ3) is 5.09. The van der Waals surface area contributed by atoms with Crippen LogP contribution < -0.4 is 5.32 Å². The van der Waals surface area contributed by atoms with E-state index in [2.05, 4.69) is 18.5 Å². The largest absolute Gasteiger partial charge is 0.395 e. The molecule has 1 unspecified atom stereocenters. The lowest BCUT2D eigenvalue weighted by Crippen LogP contribution is -2.32. The van der Waals surface area contributed by atoms with Crippen molar-refractivity contribution in [1.29, 1.82) is 0 Å². The molecule has 0 bridgehead atoms. The molecule has 0 aliphatic heterocycles. The molecule has 0 aromatic heterocycles. The van der Waals surface area contributed by atoms with Crippen LogP contribution in [0.3, 0.4) is 0 Å². The lowest BCUT2D eigenvalue weighted by atomic mass is 10.2. The van der Waals surface area contributed by atoms with Gasteiger partial charge in [-0.15, -0.1) is 0 Å². The van der Waals surface area contributed by atoms with Gasteiger partial charge in [0.1, 0.15) is 0 Å². The summed E-state index contributed by atoms with van der Waals surface area (Å²) in [5.74, 6) is 1.12. The summed E-state index contributed by atoms with van der Waals surface area (Å²) in [6, 6.07) is 0.303. The van der Waals surface area contributed by atoms with Crippen molar-refractivity contribution < 1.29 is 5.11 Å². The lowest BCUT2D eigenvalue weighted by Gasteiger charge is -2.13. The summed E-state index contributed by atoms with van der Waals surface area (Å²) >= 11 is 1.82. The quantitative estimate of drug-likeness (QED) is 0.605. The van der Waals surface area contributed by atoms with E-state index in [1.165, 1.54) is 0 Å². The van der Waals surface area contributed by atoms with Gasteiger partial charge in [-0.2, -0.15) is 11.8 Å². The molecule has 0 saturated heterocycles. The van der Waals surface area contributed by atoms with Crippen LogP contribution in [0.5, 0.6) is 0 Å². The van der Waals surface area contributed by atoms with Crippen molar-refractivity contribution in [3.8, 4) is 0 Å². The predicted octanol–water partition coefficient (Wildman–Crippen LogP) is 0.710. The SMILES string of the molecule is CCNC(CO)CCSC. The molecule has 0 aromatic carbocycles. The molecule has 62 valence electrons. The maximum atomic E-state index is 8.81. The number of hydrogen-bond donors (Lipinski definition) is 2. The highest BCUT2D eigenvalue weighted by Crippen LogP contribution is 1.99. The molecular formula is C7H17NOS. The molecular weight excluding hydrogens is 146 g/mol. The molecule has 1 atom stereocenters. The minimum Gasteiger partial charge on any atom is -0.395 e. The van der Waals surface area contributed by atoms with Crippen molar-refractivity contribution in [1.82, 2.24) is 5.32 Å². The van der Waals surface area contributed by atoms with Crippen molar-refractivity contribution in [2.75, 3.05) is 25.2 Å². The second-order valence-electron chi connectivity index (χ2n) is 2.22. The molecule has 3 heteroatoms. The highest BCUT2D eigenvalue weighted by molar-refractivity contribution is 7.98. The molecule has 2 nitrogen and oxygen atoms in total. The summed E-state index contributed by atoms with van der Waals surface area (Å²) in [5, 5.41) is 12.0. The molecule has 0 aliphatic rings. The van der Waals surface area contributed by atoms with Crippen LogP contribution in [0.4, 0.5) is 0 Å². The fourth-order valence-electron chi connectivity index (χ4n) is 0.807. The Labute approximate surface area is 67.4 Å². The summed E-state index contributed by atoms with van der Waals surface area (Å²) in [6.07, 6.45) is 3.14. The Bertz CT molecular complexity index is 70.6. The fraction of sp³-hybridized carbons (Fsp3) is 1.00. The molecule has 0 aliphatic carbocycles. The number of hydrogen-bond acceptors (Lipinski definition) is 3. The van der Waals surface area contributed by atoms with Gasteiger partial charge in [0, 0.05) is 6.04 Å². The predicted molar refractivity (Wildman–Crippen MR) is 47.5 cm³/mol. The van der Waals surface area contributed by atoms with E-state index in [-0.39, 0.29) is 6.61 Å². The molecule has 0 aromatic rings. The van der Waals surface area contributed by atoms with Gasteiger partial charge in [-0.25, -0.2) is 0 Å². The smallest absolute Gasteiger partial charge is 0.0584 e. The number of thioether (sulfide) groups is 1. The first-order chi connectivity index (χ1) is 4.85. The van der Waals surface area contributed by atoms with Crippen molar-refractivity contribution in [3.63, 3.8) is 0 Å². The van der Waals surface area contributed by atoms with Crippen molar-refractivity contribution >= 4 is 11.8 Å². The maximum absolute atomic E-state index is 8.81. The van der Waals surface area contributed by atoms with Gasteiger partial charge < -0.3 is 10.4 Å². The van der Waals surface area contributed by atoms with E-state index < -0.39 is 0 Å². The first kappa shape index (κ1) is 10.3. The standard InChI is InChI=1S/C7H17NOS/c1-3-8-7(6-9)4-5-10-2/h7-9H,3-6H2,1-2H3. The van der Waals surface area contributed by atoms with Crippen LogP contribution in [0.2, 0.25) is 0 Å². The average molecular weight is 163 g/mol. The van der Waals surface area contributed by atoms with E-state index in [4.69, 9.17) is 5.11 Å². The zero-order chi connectivity index (χ0) is 7.82. The molecule has 0 saturated carbocycles. The zero-order valence-corrected chi connectivity index (χ0v) is 7.58. The van der Waals surface area contributed by atoms with Crippen molar-refractivity contribution in [2.24, 2.45) is 0 Å². The third-order valence-electron chi connectivity index (χ3n) is 1.38. The molecule has 10 heavy (non-hydrogen) atoms. The molecule has 0 spiro atoms. The lowest BCUT2D eigenvalue weighted by molar-refractivity contribution is 0.242. The van der Waals surface area contributed by atoms with Gasteiger partial charge in [-0.1, -0.05) is 6.92 Å². The van der Waals surface area contributed by atoms with Crippen molar-refractivity contribution in [2.45, 2.75) is 19.4 Å². The second kappa shape index (κ2) is 7.38. The Kier molecular flexibility index (Phi) is 7.58. The van der Waals surface area contributed by atoms with Gasteiger partial charge in [-0.05, 0) is 25.0 Å².